The molecule has 0 spiro atoms. The highest BCUT2D eigenvalue weighted by Crippen LogP contribution is 2.28. The van der Waals surface area contributed by atoms with E-state index < -0.39 is 11.3 Å². The predicted molar refractivity (Wildman–Crippen MR) is 55.7 cm³/mol. The lowest BCUT2D eigenvalue weighted by Gasteiger charge is -2.19. The first-order chi connectivity index (χ1) is 6.65. The Morgan fingerprint density at radius 2 is 2.36 bits per heavy atom. The van der Waals surface area contributed by atoms with Gasteiger partial charge in [-0.3, -0.25) is 14.5 Å². The molecule has 0 radical (unpaired) electrons. The van der Waals surface area contributed by atoms with Gasteiger partial charge in [-0.25, -0.2) is 0 Å². The topological polar surface area (TPSA) is 80.5 Å². The molecule has 2 N–H and O–H groups in total. The van der Waals surface area contributed by atoms with Crippen molar-refractivity contribution in [2.45, 2.75) is 17.7 Å². The van der Waals surface area contributed by atoms with E-state index in [2.05, 4.69) is 11.7 Å². The fourth-order valence-corrected chi connectivity index (χ4v) is 2.19. The van der Waals surface area contributed by atoms with Crippen LogP contribution in [-0.4, -0.2) is 40.8 Å². The molecule has 2 unspecified atom stereocenters. The summed E-state index contributed by atoms with van der Waals surface area (Å²) in [6, 6.07) is -0.833. The molecule has 0 aliphatic carbocycles. The number of carbonyl (C=O) groups excluding carboxylic acids is 3. The van der Waals surface area contributed by atoms with Crippen LogP contribution in [0, 0.1) is 0 Å². The van der Waals surface area contributed by atoms with E-state index in [0.29, 0.717) is 6.29 Å². The smallest absolute Gasteiger partial charge is 0.244 e. The van der Waals surface area contributed by atoms with Crippen LogP contribution in [0.4, 0.5) is 0 Å². The zero-order valence-corrected chi connectivity index (χ0v) is 8.96. The molecule has 1 aliphatic heterocycles. The van der Waals surface area contributed by atoms with Gasteiger partial charge in [-0.15, -0.1) is 11.7 Å². The number of hydrogen-bond donors (Lipinski definition) is 2. The Morgan fingerprint density at radius 3 is 2.71 bits per heavy atom. The normalized spacial score (nSPS) is 24.1. The summed E-state index contributed by atoms with van der Waals surface area (Å²) < 4.78 is 0. The maximum atomic E-state index is 11.5. The van der Waals surface area contributed by atoms with Gasteiger partial charge in [0, 0.05) is 13.0 Å². The average Bonchev–Trinajstić information content (AvgIpc) is 2.46. The first-order valence-corrected chi connectivity index (χ1v) is 5.90. The van der Waals surface area contributed by atoms with Crippen molar-refractivity contribution < 1.29 is 14.4 Å². The predicted octanol–water partition coefficient (Wildman–Crippen LogP) is -0.782. The van der Waals surface area contributed by atoms with Crippen molar-refractivity contribution in [3.8, 4) is 0 Å². The van der Waals surface area contributed by atoms with Gasteiger partial charge < -0.3 is 10.5 Å². The molecular formula is C7H10N2O3S2. The fraction of sp³-hybridized carbons (Fsp3) is 0.571. The first-order valence-electron chi connectivity index (χ1n) is 3.97. The molecule has 2 atom stereocenters. The van der Waals surface area contributed by atoms with Gasteiger partial charge in [-0.1, -0.05) is 10.8 Å². The van der Waals surface area contributed by atoms with E-state index in [9.17, 15) is 14.4 Å². The number of thiol groups is 1. The monoisotopic (exact) mass is 234 g/mol. The van der Waals surface area contributed by atoms with Gasteiger partial charge in [0.2, 0.25) is 11.8 Å². The average molecular weight is 234 g/mol. The summed E-state index contributed by atoms with van der Waals surface area (Å²) in [7, 11) is 1.01. The second kappa shape index (κ2) is 4.81. The molecule has 0 aromatic carbocycles. The quantitative estimate of drug-likeness (QED) is 0.289. The summed E-state index contributed by atoms with van der Waals surface area (Å²) in [5.74, 6) is -0.735. The number of aldehydes is 1. The maximum absolute atomic E-state index is 11.5. The van der Waals surface area contributed by atoms with Gasteiger partial charge in [0.1, 0.15) is 17.6 Å². The molecule has 1 fully saturated rings. The SMILES string of the molecule is NCC(C=O)N1C(=O)CC(SS)C1=O. The molecule has 1 aliphatic rings. The molecule has 14 heavy (non-hydrogen) atoms. The molecule has 0 bridgehead atoms. The summed E-state index contributed by atoms with van der Waals surface area (Å²) in [6.07, 6.45) is 0.610. The Hall–Kier alpha value is -0.530. The largest absolute Gasteiger partial charge is 0.328 e. The molecule has 0 saturated carbocycles. The van der Waals surface area contributed by atoms with Crippen molar-refractivity contribution in [3.63, 3.8) is 0 Å². The Bertz CT molecular complexity index is 272. The number of nitrogens with zero attached hydrogens (tertiary/aromatic N) is 1. The summed E-state index contributed by atoms with van der Waals surface area (Å²) in [5, 5.41) is -0.486. The Kier molecular flexibility index (Phi) is 3.97. The second-order valence-corrected chi connectivity index (χ2v) is 4.25. The molecule has 1 heterocycles. The minimum atomic E-state index is -0.833. The van der Waals surface area contributed by atoms with Crippen molar-refractivity contribution in [2.75, 3.05) is 6.54 Å². The number of rotatable bonds is 4. The highest BCUT2D eigenvalue weighted by molar-refractivity contribution is 8.69. The van der Waals surface area contributed by atoms with Crippen LogP contribution in [0.5, 0.6) is 0 Å². The Labute approximate surface area is 90.2 Å². The van der Waals surface area contributed by atoms with Crippen molar-refractivity contribution in [1.82, 2.24) is 4.90 Å². The van der Waals surface area contributed by atoms with Crippen LogP contribution in [0.2, 0.25) is 0 Å². The highest BCUT2D eigenvalue weighted by atomic mass is 33.1. The summed E-state index contributed by atoms with van der Waals surface area (Å²) in [5.41, 5.74) is 5.27. The first kappa shape index (κ1) is 11.5. The summed E-state index contributed by atoms with van der Waals surface area (Å²) >= 11 is 3.88. The number of nitrogens with two attached hydrogens (primary N) is 1. The van der Waals surface area contributed by atoms with Gasteiger partial charge in [-0.05, 0) is 0 Å². The lowest BCUT2D eigenvalue weighted by atomic mass is 10.3. The molecule has 7 heteroatoms. The Morgan fingerprint density at radius 1 is 1.71 bits per heavy atom. The third kappa shape index (κ3) is 1.94. The number of hydrogen-bond acceptors (Lipinski definition) is 6. The molecular weight excluding hydrogens is 224 g/mol. The Balaban J connectivity index is 2.83. The van der Waals surface area contributed by atoms with E-state index in [0.717, 1.165) is 15.7 Å². The van der Waals surface area contributed by atoms with E-state index in [1.165, 1.54) is 0 Å². The third-order valence-electron chi connectivity index (χ3n) is 2.00. The second-order valence-electron chi connectivity index (χ2n) is 2.84. The van der Waals surface area contributed by atoms with Crippen LogP contribution < -0.4 is 5.73 Å². The summed E-state index contributed by atoms with van der Waals surface area (Å²) in [6.45, 7) is -0.0368. The minimum Gasteiger partial charge on any atom is -0.328 e. The molecule has 5 nitrogen and oxygen atoms in total. The van der Waals surface area contributed by atoms with Crippen molar-refractivity contribution in [2.24, 2.45) is 5.73 Å². The minimum absolute atomic E-state index is 0.0368. The fourth-order valence-electron chi connectivity index (χ4n) is 1.27. The third-order valence-corrected chi connectivity index (χ3v) is 3.39. The lowest BCUT2D eigenvalue weighted by molar-refractivity contribution is -0.143. The van der Waals surface area contributed by atoms with E-state index in [1.807, 2.05) is 0 Å². The van der Waals surface area contributed by atoms with Crippen LogP contribution in [0.3, 0.4) is 0 Å². The van der Waals surface area contributed by atoms with Crippen LogP contribution in [-0.2, 0) is 14.4 Å². The van der Waals surface area contributed by atoms with Crippen molar-refractivity contribution in [1.29, 1.82) is 0 Å². The number of amides is 2. The molecule has 0 aromatic heterocycles. The van der Waals surface area contributed by atoms with Gasteiger partial charge >= 0.3 is 0 Å². The van der Waals surface area contributed by atoms with Gasteiger partial charge in [0.15, 0.2) is 0 Å². The maximum Gasteiger partial charge on any atom is 0.244 e. The highest BCUT2D eigenvalue weighted by Gasteiger charge is 2.41. The number of imide groups is 1. The van der Waals surface area contributed by atoms with E-state index in [1.54, 1.807) is 0 Å². The van der Waals surface area contributed by atoms with Crippen LogP contribution in [0.25, 0.3) is 0 Å². The van der Waals surface area contributed by atoms with Crippen molar-refractivity contribution in [3.05, 3.63) is 0 Å². The van der Waals surface area contributed by atoms with Gasteiger partial charge in [-0.2, -0.15) is 0 Å². The number of likely N-dealkylation sites (tertiary alicyclic amines) is 1. The van der Waals surface area contributed by atoms with E-state index >= 15 is 0 Å². The molecule has 2 amide bonds. The number of carbonyl (C=O) groups is 3. The van der Waals surface area contributed by atoms with E-state index in [4.69, 9.17) is 5.73 Å². The van der Waals surface area contributed by atoms with Crippen LogP contribution >= 0.6 is 22.5 Å². The van der Waals surface area contributed by atoms with Gasteiger partial charge in [0.25, 0.3) is 0 Å². The standard InChI is InChI=1S/C7H10N2O3S2/c8-2-4(3-10)9-6(11)1-5(14-13)7(9)12/h3-5,13H,1-2,8H2. The zero-order chi connectivity index (χ0) is 10.7. The summed E-state index contributed by atoms with van der Waals surface area (Å²) in [4.78, 5) is 34.4. The zero-order valence-electron chi connectivity index (χ0n) is 7.25. The molecule has 78 valence electrons. The van der Waals surface area contributed by atoms with Crippen LogP contribution in [0.15, 0.2) is 0 Å². The molecule has 1 rings (SSSR count). The van der Waals surface area contributed by atoms with Crippen molar-refractivity contribution >= 4 is 40.6 Å². The van der Waals surface area contributed by atoms with E-state index in [-0.39, 0.29) is 24.8 Å². The molecule has 1 saturated heterocycles. The van der Waals surface area contributed by atoms with Crippen LogP contribution in [0.1, 0.15) is 6.42 Å². The van der Waals surface area contributed by atoms with Gasteiger partial charge in [0.05, 0.1) is 0 Å². The lowest BCUT2D eigenvalue weighted by Crippen LogP contribution is -2.45. The molecule has 0 aromatic rings.